The van der Waals surface area contributed by atoms with Crippen molar-refractivity contribution < 1.29 is 0 Å². The van der Waals surface area contributed by atoms with Crippen LogP contribution in [0.25, 0.3) is 31.6 Å². The minimum absolute atomic E-state index is 0.238. The minimum Gasteiger partial charge on any atom is -0.266 e. The summed E-state index contributed by atoms with van der Waals surface area (Å²) in [5, 5.41) is 11.0. The predicted molar refractivity (Wildman–Crippen MR) is 81.3 cm³/mol. The first-order valence-electron chi connectivity index (χ1n) is 6.29. The minimum atomic E-state index is -0.238. The molecule has 7 heteroatoms. The predicted octanol–water partition coefficient (Wildman–Crippen LogP) is 2.30. The lowest BCUT2D eigenvalue weighted by atomic mass is 10.0. The average molecular weight is 295 g/mol. The van der Waals surface area contributed by atoms with E-state index in [2.05, 4.69) is 25.4 Å². The van der Waals surface area contributed by atoms with Crippen molar-refractivity contribution in [2.24, 2.45) is 0 Å². The highest BCUT2D eigenvalue weighted by molar-refractivity contribution is 7.25. The van der Waals surface area contributed by atoms with Gasteiger partial charge in [0.05, 0.1) is 0 Å². The van der Waals surface area contributed by atoms with E-state index in [1.807, 2.05) is 25.1 Å². The molecule has 0 amide bonds. The molecule has 6 nitrogen and oxygen atoms in total. The number of hydrogen-bond acceptors (Lipinski definition) is 6. The molecule has 1 N–H and O–H groups in total. The van der Waals surface area contributed by atoms with Crippen LogP contribution in [0.3, 0.4) is 0 Å². The van der Waals surface area contributed by atoms with Gasteiger partial charge in [-0.15, -0.1) is 16.4 Å². The number of nitrogens with zero attached hydrogens (tertiary/aromatic N) is 4. The third-order valence-electron chi connectivity index (χ3n) is 3.25. The number of fused-ring (bicyclic) bond motifs is 3. The average Bonchev–Trinajstić information content (AvgIpc) is 2.87. The third-order valence-corrected chi connectivity index (χ3v) is 4.32. The molecule has 0 aliphatic carbocycles. The molecule has 4 aromatic rings. The smallest absolute Gasteiger partial charge is 0.266 e. The highest BCUT2D eigenvalue weighted by Crippen LogP contribution is 2.36. The largest absolute Gasteiger partial charge is 0.285 e. The summed E-state index contributed by atoms with van der Waals surface area (Å²) in [6.45, 7) is 1.93. The van der Waals surface area contributed by atoms with Gasteiger partial charge < -0.3 is 0 Å². The topological polar surface area (TPSA) is 84.4 Å². The number of aromatic nitrogens is 5. The summed E-state index contributed by atoms with van der Waals surface area (Å²) in [6, 6.07) is 5.84. The zero-order chi connectivity index (χ0) is 14.4. The van der Waals surface area contributed by atoms with Gasteiger partial charge in [-0.05, 0) is 24.6 Å². The molecule has 4 aromatic heterocycles. The number of thiophene rings is 1. The molecule has 21 heavy (non-hydrogen) atoms. The Morgan fingerprint density at radius 3 is 3.05 bits per heavy atom. The van der Waals surface area contributed by atoms with E-state index in [0.29, 0.717) is 10.2 Å². The molecule has 0 spiro atoms. The second-order valence-electron chi connectivity index (χ2n) is 4.65. The molecule has 0 fully saturated rings. The molecule has 102 valence electrons. The van der Waals surface area contributed by atoms with Crippen molar-refractivity contribution in [1.29, 1.82) is 0 Å². The van der Waals surface area contributed by atoms with E-state index in [4.69, 9.17) is 0 Å². The Bertz CT molecular complexity index is 1020. The lowest BCUT2D eigenvalue weighted by Crippen LogP contribution is -2.07. The Hall–Kier alpha value is -2.67. The van der Waals surface area contributed by atoms with Crippen LogP contribution >= 0.6 is 11.3 Å². The van der Waals surface area contributed by atoms with Crippen molar-refractivity contribution in [3.8, 4) is 11.1 Å². The summed E-state index contributed by atoms with van der Waals surface area (Å²) < 4.78 is 0.545. The lowest BCUT2D eigenvalue weighted by molar-refractivity contribution is 0.876. The van der Waals surface area contributed by atoms with Gasteiger partial charge in [0.2, 0.25) is 0 Å². The maximum atomic E-state index is 11.9. The summed E-state index contributed by atoms with van der Waals surface area (Å²) in [5.74, 6) is 0. The molecular weight excluding hydrogens is 286 g/mol. The number of aryl methyl sites for hydroxylation is 1. The first-order chi connectivity index (χ1) is 10.2. The number of rotatable bonds is 1. The molecule has 4 heterocycles. The number of pyridine rings is 2. The zero-order valence-electron chi connectivity index (χ0n) is 11.0. The maximum absolute atomic E-state index is 11.9. The number of aromatic amines is 1. The first-order valence-corrected chi connectivity index (χ1v) is 7.11. The van der Waals surface area contributed by atoms with Crippen molar-refractivity contribution in [3.63, 3.8) is 0 Å². The summed E-state index contributed by atoms with van der Waals surface area (Å²) in [6.07, 6.45) is 3.52. The Morgan fingerprint density at radius 1 is 1.33 bits per heavy atom. The van der Waals surface area contributed by atoms with Gasteiger partial charge in [-0.25, -0.2) is 10.1 Å². The summed E-state index contributed by atoms with van der Waals surface area (Å²) in [4.78, 5) is 21.4. The van der Waals surface area contributed by atoms with Crippen LogP contribution in [-0.4, -0.2) is 25.4 Å². The van der Waals surface area contributed by atoms with Crippen LogP contribution in [0, 0.1) is 6.92 Å². The quantitative estimate of drug-likeness (QED) is 0.582. The van der Waals surface area contributed by atoms with Crippen LogP contribution in [0.4, 0.5) is 0 Å². The van der Waals surface area contributed by atoms with E-state index >= 15 is 0 Å². The number of H-pyrrole nitrogens is 1. The van der Waals surface area contributed by atoms with Gasteiger partial charge in [0.25, 0.3) is 5.56 Å². The molecule has 0 aliphatic rings. The summed E-state index contributed by atoms with van der Waals surface area (Å²) >= 11 is 1.33. The molecule has 0 bridgehead atoms. The Labute approximate surface area is 122 Å². The molecule has 4 rings (SSSR count). The van der Waals surface area contributed by atoms with Crippen molar-refractivity contribution in [2.75, 3.05) is 0 Å². The highest BCUT2D eigenvalue weighted by atomic mass is 32.1. The molecule has 0 unspecified atom stereocenters. The van der Waals surface area contributed by atoms with Crippen LogP contribution in [-0.2, 0) is 0 Å². The lowest BCUT2D eigenvalue weighted by Gasteiger charge is -2.04. The molecule has 0 saturated carbocycles. The highest BCUT2D eigenvalue weighted by Gasteiger charge is 2.16. The van der Waals surface area contributed by atoms with Crippen LogP contribution < -0.4 is 5.56 Å². The van der Waals surface area contributed by atoms with Gasteiger partial charge in [-0.2, -0.15) is 0 Å². The summed E-state index contributed by atoms with van der Waals surface area (Å²) in [5.41, 5.74) is 3.17. The Balaban J connectivity index is 2.23. The van der Waals surface area contributed by atoms with E-state index in [0.717, 1.165) is 27.0 Å². The zero-order valence-corrected chi connectivity index (χ0v) is 11.8. The first kappa shape index (κ1) is 12.1. The van der Waals surface area contributed by atoms with E-state index in [1.165, 1.54) is 11.3 Å². The van der Waals surface area contributed by atoms with Crippen LogP contribution in [0.2, 0.25) is 0 Å². The van der Waals surface area contributed by atoms with Gasteiger partial charge in [0, 0.05) is 29.0 Å². The van der Waals surface area contributed by atoms with Crippen LogP contribution in [0.1, 0.15) is 5.69 Å². The fourth-order valence-corrected chi connectivity index (χ4v) is 3.45. The van der Waals surface area contributed by atoms with Gasteiger partial charge >= 0.3 is 0 Å². The van der Waals surface area contributed by atoms with Crippen LogP contribution in [0.5, 0.6) is 0 Å². The Morgan fingerprint density at radius 2 is 2.24 bits per heavy atom. The fourth-order valence-electron chi connectivity index (χ4n) is 2.38. The fraction of sp³-hybridized carbons (Fsp3) is 0.0714. The van der Waals surface area contributed by atoms with E-state index in [9.17, 15) is 4.79 Å². The number of hydrogen-bond donors (Lipinski definition) is 1. The third kappa shape index (κ3) is 1.82. The molecule has 0 aromatic carbocycles. The van der Waals surface area contributed by atoms with Gasteiger partial charge in [-0.3, -0.25) is 9.78 Å². The second kappa shape index (κ2) is 4.42. The van der Waals surface area contributed by atoms with Crippen LogP contribution in [0.15, 0.2) is 35.4 Å². The van der Waals surface area contributed by atoms with Crippen molar-refractivity contribution in [2.45, 2.75) is 6.92 Å². The molecule has 0 aliphatic heterocycles. The molecule has 0 saturated heterocycles. The van der Waals surface area contributed by atoms with Crippen molar-refractivity contribution in [3.05, 3.63) is 46.6 Å². The normalized spacial score (nSPS) is 11.3. The molecule has 0 atom stereocenters. The summed E-state index contributed by atoms with van der Waals surface area (Å²) in [7, 11) is 0. The van der Waals surface area contributed by atoms with E-state index in [1.54, 1.807) is 12.4 Å². The molecular formula is C14H9N5OS. The monoisotopic (exact) mass is 295 g/mol. The Kier molecular flexibility index (Phi) is 2.55. The maximum Gasteiger partial charge on any atom is 0.285 e. The van der Waals surface area contributed by atoms with Gasteiger partial charge in [0.15, 0.2) is 0 Å². The van der Waals surface area contributed by atoms with Crippen molar-refractivity contribution in [1.82, 2.24) is 25.4 Å². The van der Waals surface area contributed by atoms with Crippen molar-refractivity contribution >= 4 is 31.8 Å². The van der Waals surface area contributed by atoms with E-state index in [-0.39, 0.29) is 5.56 Å². The second-order valence-corrected chi connectivity index (χ2v) is 5.65. The number of nitrogens with one attached hydrogen (secondary N) is 1. The SMILES string of the molecule is Cc1cc(-c2cccnc2)c2c(n1)sc1c(=O)[nH]nnc12. The van der Waals surface area contributed by atoms with Gasteiger partial charge in [0.1, 0.15) is 15.0 Å². The van der Waals surface area contributed by atoms with Gasteiger partial charge in [-0.1, -0.05) is 11.3 Å². The standard InChI is InChI=1S/C14H9N5OS/c1-7-5-9(8-3-2-4-15-6-8)10-11-12(21-14(10)16-7)13(20)18-19-17-11/h2-6H,1H3,(H,17,18,20). The molecule has 0 radical (unpaired) electrons. The van der Waals surface area contributed by atoms with E-state index < -0.39 is 0 Å².